The third-order valence-electron chi connectivity index (χ3n) is 0. The SMILES string of the molecule is F[As-](F)(F)(F)(F)F.[H+].[Li]. The van der Waals surface area contributed by atoms with Gasteiger partial charge in [0.25, 0.3) is 0 Å². The van der Waals surface area contributed by atoms with Crippen molar-refractivity contribution in [3.05, 3.63) is 0 Å². The minimum Gasteiger partial charge on any atom is 0 e. The zero-order chi connectivity index (χ0) is 6.41. The molecule has 1 radical (unpaired) electrons. The molecule has 0 aromatic carbocycles. The molecule has 0 nitrogen and oxygen atoms in total. The molecule has 0 bridgehead atoms. The Labute approximate surface area is 55.8 Å². The van der Waals surface area contributed by atoms with Crippen LogP contribution in [0.25, 0.3) is 0 Å². The van der Waals surface area contributed by atoms with Crippen LogP contribution in [0.5, 0.6) is 0 Å². The molecule has 0 rings (SSSR count). The predicted molar refractivity (Wildman–Crippen MR) is 19.3 cm³/mol. The van der Waals surface area contributed by atoms with Crippen LogP contribution < -0.4 is 0 Å². The Morgan fingerprint density at radius 2 is 0.750 bits per heavy atom. The number of halogens is 6. The summed E-state index contributed by atoms with van der Waals surface area (Å²) in [5.74, 6) is 0. The molecule has 0 saturated heterocycles. The average Bonchev–Trinajstić information content (AvgIpc) is 0.592. The first kappa shape index (κ1) is 11.5. The summed E-state index contributed by atoms with van der Waals surface area (Å²) in [5, 5.41) is 0. The van der Waals surface area contributed by atoms with Crippen LogP contribution in [0.1, 0.15) is 1.43 Å². The Morgan fingerprint density at radius 3 is 0.750 bits per heavy atom. The van der Waals surface area contributed by atoms with Crippen LogP contribution in [-0.2, 0) is 0 Å². The molecule has 8 heavy (non-hydrogen) atoms. The van der Waals surface area contributed by atoms with E-state index in [1.54, 1.807) is 0 Å². The first-order valence-electron chi connectivity index (χ1n) is 1.01. The molecular weight excluding hydrogens is 196 g/mol. The normalized spacial score (nSPS) is 20.2. The monoisotopic (exact) mass is 197 g/mol. The Hall–Kier alpha value is 0.736. The molecule has 0 aliphatic carbocycles. The summed E-state index contributed by atoms with van der Waals surface area (Å²) in [7, 11) is 0. The summed E-state index contributed by atoms with van der Waals surface area (Å²) in [6.07, 6.45) is 0. The maximum absolute atomic E-state index is 11.1. The van der Waals surface area contributed by atoms with E-state index in [1.807, 2.05) is 0 Å². The molecule has 0 amide bonds. The number of hydrogen-bond donors (Lipinski definition) is 0. The van der Waals surface area contributed by atoms with Crippen LogP contribution in [0.4, 0.5) is 20.8 Å². The van der Waals surface area contributed by atoms with Crippen molar-refractivity contribution in [3.63, 3.8) is 0 Å². The number of rotatable bonds is 0. The second-order valence-electron chi connectivity index (χ2n) is 0.958. The zero-order valence-electron chi connectivity index (χ0n) is 4.72. The maximum Gasteiger partial charge on any atom is 1.00 e. The van der Waals surface area contributed by atoms with Crippen molar-refractivity contribution in [2.75, 3.05) is 0 Å². The second kappa shape index (κ2) is 1.42. The summed E-state index contributed by atoms with van der Waals surface area (Å²) in [6.45, 7) is 0. The fourth-order valence-electron chi connectivity index (χ4n) is 0. The van der Waals surface area contributed by atoms with E-state index in [9.17, 15) is 20.8 Å². The van der Waals surface area contributed by atoms with Crippen molar-refractivity contribution in [2.24, 2.45) is 0 Å². The summed E-state index contributed by atoms with van der Waals surface area (Å²) < 4.78 is 59.4. The molecule has 0 saturated carbocycles. The first-order valence-corrected chi connectivity index (χ1v) is 5.27. The van der Waals surface area contributed by atoms with Gasteiger partial charge in [-0.3, -0.25) is 0 Å². The molecule has 0 N–H and O–H groups in total. The van der Waals surface area contributed by atoms with E-state index in [2.05, 4.69) is 0 Å². The van der Waals surface area contributed by atoms with Gasteiger partial charge in [-0.2, -0.15) is 0 Å². The van der Waals surface area contributed by atoms with Gasteiger partial charge in [0, 0.05) is 18.9 Å². The molecule has 0 aromatic heterocycles. The van der Waals surface area contributed by atoms with Crippen molar-refractivity contribution in [1.82, 2.24) is 0 Å². The fraction of sp³-hybridized carbons (Fsp3) is 0. The Morgan fingerprint density at radius 1 is 0.750 bits per heavy atom. The van der Waals surface area contributed by atoms with Crippen LogP contribution in [0.3, 0.4) is 0 Å². The van der Waals surface area contributed by atoms with E-state index in [-0.39, 0.29) is 20.3 Å². The molecule has 0 atom stereocenters. The molecular formula is HAsF6Li. The van der Waals surface area contributed by atoms with Gasteiger partial charge in [-0.25, -0.2) is 0 Å². The predicted octanol–water partition coefficient (Wildman–Crippen LogP) is 1.87. The van der Waals surface area contributed by atoms with Gasteiger partial charge in [0.05, 0.1) is 0 Å². The second-order valence-corrected chi connectivity index (χ2v) is 4.98. The van der Waals surface area contributed by atoms with Gasteiger partial charge >= 0.3 is 36.4 Å². The quantitative estimate of drug-likeness (QED) is 0.410. The maximum atomic E-state index is 9.91. The van der Waals surface area contributed by atoms with Crippen molar-refractivity contribution in [3.8, 4) is 0 Å². The van der Waals surface area contributed by atoms with Crippen molar-refractivity contribution in [2.45, 2.75) is 0 Å². The summed E-state index contributed by atoms with van der Waals surface area (Å²) in [5.41, 5.74) is 0. The molecule has 49 valence electrons. The molecule has 0 aliphatic heterocycles. The molecule has 0 aliphatic rings. The van der Waals surface area contributed by atoms with Gasteiger partial charge in [-0.15, -0.1) is 0 Å². The molecule has 0 aromatic rings. The summed E-state index contributed by atoms with van der Waals surface area (Å²) in [4.78, 5) is 0. The zero-order valence-corrected chi connectivity index (χ0v) is 5.59. The smallest absolute Gasteiger partial charge is 0 e. The van der Waals surface area contributed by atoms with Crippen LogP contribution in [0, 0.1) is 0 Å². The third kappa shape index (κ3) is 409. The van der Waals surface area contributed by atoms with Crippen LogP contribution >= 0.6 is 0 Å². The Kier molecular flexibility index (Phi) is 2.04. The third-order valence-corrected chi connectivity index (χ3v) is 0. The largest absolute Gasteiger partial charge is 1.00 e. The van der Waals surface area contributed by atoms with Crippen LogP contribution in [0.15, 0.2) is 0 Å². The summed E-state index contributed by atoms with van der Waals surface area (Å²) in [6, 6.07) is 0. The summed E-state index contributed by atoms with van der Waals surface area (Å²) >= 11 is -11.1. The molecule has 8 heteroatoms. The van der Waals surface area contributed by atoms with E-state index in [1.165, 1.54) is 0 Å². The minimum absolute atomic E-state index is 0. The topological polar surface area (TPSA) is 0 Å². The number of hydrogen-bond acceptors (Lipinski definition) is 0. The Bertz CT molecular complexity index is 71.6. The van der Waals surface area contributed by atoms with E-state index in [0.29, 0.717) is 0 Å². The first-order chi connectivity index (χ1) is 2.45. The van der Waals surface area contributed by atoms with E-state index >= 15 is 0 Å². The fourth-order valence-corrected chi connectivity index (χ4v) is 0. The standard InChI is InChI=1S/AsF6.Li/c2-1(3,4,5,6)7;/q-1;/p+1. The minimum atomic E-state index is -11.1. The van der Waals surface area contributed by atoms with Crippen LogP contribution in [-0.4, -0.2) is 33.0 Å². The van der Waals surface area contributed by atoms with Crippen molar-refractivity contribution < 1.29 is 22.2 Å². The average molecular weight is 197 g/mol. The van der Waals surface area contributed by atoms with Crippen molar-refractivity contribution >= 4 is 33.0 Å². The van der Waals surface area contributed by atoms with Gasteiger partial charge in [-0.05, 0) is 0 Å². The van der Waals surface area contributed by atoms with Gasteiger partial charge in [-0.1, -0.05) is 0 Å². The van der Waals surface area contributed by atoms with E-state index in [4.69, 9.17) is 0 Å². The van der Waals surface area contributed by atoms with Gasteiger partial charge < -0.3 is 0 Å². The van der Waals surface area contributed by atoms with E-state index < -0.39 is 14.2 Å². The van der Waals surface area contributed by atoms with Gasteiger partial charge in [0.1, 0.15) is 0 Å². The van der Waals surface area contributed by atoms with Gasteiger partial charge in [0.15, 0.2) is 0 Å². The Balaban J connectivity index is -0.000000180. The molecule has 0 heterocycles. The molecule has 0 unspecified atom stereocenters. The van der Waals surface area contributed by atoms with Gasteiger partial charge in [0.2, 0.25) is 0 Å². The van der Waals surface area contributed by atoms with E-state index in [0.717, 1.165) is 0 Å². The van der Waals surface area contributed by atoms with Crippen molar-refractivity contribution in [1.29, 1.82) is 0 Å². The molecule has 0 spiro atoms. The van der Waals surface area contributed by atoms with Crippen LogP contribution in [0.2, 0.25) is 0 Å². The molecule has 0 fully saturated rings.